The summed E-state index contributed by atoms with van der Waals surface area (Å²) in [6.45, 7) is 16.3. The first-order chi connectivity index (χ1) is 7.10. The maximum absolute atomic E-state index is 2.45. The number of rotatable bonds is 7. The Morgan fingerprint density at radius 2 is 1.33 bits per heavy atom. The van der Waals surface area contributed by atoms with E-state index in [4.69, 9.17) is 0 Å². The van der Waals surface area contributed by atoms with Crippen LogP contribution in [0, 0.1) is 0 Å². The van der Waals surface area contributed by atoms with Gasteiger partial charge in [0.25, 0.3) is 0 Å². The van der Waals surface area contributed by atoms with Gasteiger partial charge >= 0.3 is 99.2 Å². The Labute approximate surface area is 99.3 Å². The molecule has 0 spiro atoms. The van der Waals surface area contributed by atoms with Crippen molar-refractivity contribution in [3.63, 3.8) is 0 Å². The molecule has 2 heteroatoms. The molecule has 0 rings (SSSR count). The fraction of sp³-hybridized carbons (Fsp3) is 0.846. The van der Waals surface area contributed by atoms with E-state index in [1.54, 1.807) is 4.41 Å². The van der Waals surface area contributed by atoms with Crippen molar-refractivity contribution in [3.8, 4) is 0 Å². The summed E-state index contributed by atoms with van der Waals surface area (Å²) in [6, 6.07) is 0. The van der Waals surface area contributed by atoms with Crippen LogP contribution in [0.25, 0.3) is 0 Å². The van der Waals surface area contributed by atoms with E-state index in [9.17, 15) is 0 Å². The Kier molecular flexibility index (Phi) is 7.41. The van der Waals surface area contributed by atoms with Crippen molar-refractivity contribution in [1.82, 2.24) is 4.90 Å². The van der Waals surface area contributed by atoms with Crippen LogP contribution in [0.2, 0.25) is 15.8 Å². The van der Waals surface area contributed by atoms with Gasteiger partial charge < -0.3 is 0 Å². The van der Waals surface area contributed by atoms with E-state index in [0.29, 0.717) is 0 Å². The van der Waals surface area contributed by atoms with Crippen LogP contribution in [0.1, 0.15) is 41.5 Å². The normalized spacial score (nSPS) is 13.1. The SMILES string of the molecule is CCN(/C=[C](/C)[Ge]([CH2]C)([CH2]C)[CH2]C)CC. The zero-order chi connectivity index (χ0) is 11.9. The monoisotopic (exact) mass is 273 g/mol. The first-order valence-electron chi connectivity index (χ1n) is 6.53. The summed E-state index contributed by atoms with van der Waals surface area (Å²) in [6.07, 6.45) is 2.45. The Hall–Kier alpha value is 0.0829. The topological polar surface area (TPSA) is 3.24 Å². The van der Waals surface area contributed by atoms with Crippen molar-refractivity contribution in [1.29, 1.82) is 0 Å². The van der Waals surface area contributed by atoms with Crippen molar-refractivity contribution < 1.29 is 0 Å². The van der Waals surface area contributed by atoms with Crippen LogP contribution in [0.4, 0.5) is 0 Å². The van der Waals surface area contributed by atoms with Crippen LogP contribution < -0.4 is 0 Å². The molecule has 0 aliphatic heterocycles. The Morgan fingerprint density at radius 1 is 0.933 bits per heavy atom. The Morgan fingerprint density at radius 3 is 1.60 bits per heavy atom. The fourth-order valence-corrected chi connectivity index (χ4v) is 10.0. The van der Waals surface area contributed by atoms with Crippen molar-refractivity contribution >= 4 is 13.3 Å². The fourth-order valence-electron chi connectivity index (χ4n) is 2.40. The maximum atomic E-state index is 2.45. The quantitative estimate of drug-likeness (QED) is 0.625. The molecular formula is C13H29GeN. The summed E-state index contributed by atoms with van der Waals surface area (Å²) in [5.74, 6) is 0. The molecule has 0 radical (unpaired) electrons. The summed E-state index contributed by atoms with van der Waals surface area (Å²) < 4.78 is 1.74. The van der Waals surface area contributed by atoms with Crippen molar-refractivity contribution in [2.24, 2.45) is 0 Å². The van der Waals surface area contributed by atoms with Crippen LogP contribution in [0.15, 0.2) is 10.6 Å². The number of nitrogens with zero attached hydrogens (tertiary/aromatic N) is 1. The molecule has 0 heterocycles. The second kappa shape index (κ2) is 7.37. The Bertz CT molecular complexity index is 182. The molecule has 0 bridgehead atoms. The molecule has 0 amide bonds. The van der Waals surface area contributed by atoms with E-state index in [1.165, 1.54) is 15.8 Å². The van der Waals surface area contributed by atoms with Gasteiger partial charge in [-0.2, -0.15) is 0 Å². The van der Waals surface area contributed by atoms with Gasteiger partial charge in [-0.15, -0.1) is 0 Å². The van der Waals surface area contributed by atoms with E-state index in [0.717, 1.165) is 13.1 Å². The molecule has 0 fully saturated rings. The van der Waals surface area contributed by atoms with Crippen LogP contribution in [0.5, 0.6) is 0 Å². The van der Waals surface area contributed by atoms with Gasteiger partial charge in [0, 0.05) is 0 Å². The summed E-state index contributed by atoms with van der Waals surface area (Å²) in [7, 11) is 0. The summed E-state index contributed by atoms with van der Waals surface area (Å²) in [5.41, 5.74) is 0. The third kappa shape index (κ3) is 3.86. The van der Waals surface area contributed by atoms with Gasteiger partial charge in [0.05, 0.1) is 0 Å². The zero-order valence-corrected chi connectivity index (χ0v) is 13.7. The number of hydrogen-bond donors (Lipinski definition) is 0. The van der Waals surface area contributed by atoms with Gasteiger partial charge in [-0.25, -0.2) is 0 Å². The van der Waals surface area contributed by atoms with Gasteiger partial charge in [0.15, 0.2) is 0 Å². The average Bonchev–Trinajstić information content (AvgIpc) is 2.29. The van der Waals surface area contributed by atoms with Gasteiger partial charge in [0.2, 0.25) is 0 Å². The molecule has 0 aromatic rings. The third-order valence-corrected chi connectivity index (χ3v) is 16.4. The van der Waals surface area contributed by atoms with Crippen LogP contribution in [-0.2, 0) is 0 Å². The van der Waals surface area contributed by atoms with Crippen molar-refractivity contribution in [2.75, 3.05) is 13.1 Å². The molecule has 0 N–H and O–H groups in total. The molecule has 90 valence electrons. The zero-order valence-electron chi connectivity index (χ0n) is 11.6. The molecule has 0 unspecified atom stereocenters. The van der Waals surface area contributed by atoms with Gasteiger partial charge in [-0.05, 0) is 0 Å². The molecule has 0 saturated carbocycles. The van der Waals surface area contributed by atoms with Gasteiger partial charge in [-0.3, -0.25) is 0 Å². The minimum atomic E-state index is -1.63. The predicted octanol–water partition coefficient (Wildman–Crippen LogP) is 4.28. The molecule has 0 aromatic carbocycles. The van der Waals surface area contributed by atoms with E-state index in [2.05, 4.69) is 52.6 Å². The van der Waals surface area contributed by atoms with Crippen LogP contribution in [-0.4, -0.2) is 31.3 Å². The second-order valence-corrected chi connectivity index (χ2v) is 15.9. The van der Waals surface area contributed by atoms with Crippen LogP contribution in [0.3, 0.4) is 0 Å². The number of hydrogen-bond acceptors (Lipinski definition) is 1. The number of allylic oxidation sites excluding steroid dienone is 1. The first kappa shape index (κ1) is 15.1. The van der Waals surface area contributed by atoms with E-state index in [1.807, 2.05) is 0 Å². The van der Waals surface area contributed by atoms with Crippen molar-refractivity contribution in [3.05, 3.63) is 10.6 Å². The standard InChI is InChI=1S/C13H29GeN/c1-7-14(8-2,9-3)13(6)12-15(10-4)11-5/h12H,7-11H2,1-6H3/b13-12-. The third-order valence-electron chi connectivity index (χ3n) is 4.06. The summed E-state index contributed by atoms with van der Waals surface area (Å²) >= 11 is -1.63. The molecule has 0 aliphatic rings. The Balaban J connectivity index is 4.82. The van der Waals surface area contributed by atoms with E-state index < -0.39 is 13.3 Å². The van der Waals surface area contributed by atoms with E-state index >= 15 is 0 Å². The molecule has 0 aliphatic carbocycles. The minimum absolute atomic E-state index is 1.14. The first-order valence-corrected chi connectivity index (χ1v) is 12.0. The van der Waals surface area contributed by atoms with Gasteiger partial charge in [-0.1, -0.05) is 0 Å². The molecule has 0 saturated heterocycles. The molecular weight excluding hydrogens is 243 g/mol. The second-order valence-electron chi connectivity index (χ2n) is 4.37. The molecule has 15 heavy (non-hydrogen) atoms. The van der Waals surface area contributed by atoms with Gasteiger partial charge in [0.1, 0.15) is 0 Å². The molecule has 0 aromatic heterocycles. The predicted molar refractivity (Wildman–Crippen MR) is 73.9 cm³/mol. The summed E-state index contributed by atoms with van der Waals surface area (Å²) in [4.78, 5) is 2.44. The van der Waals surface area contributed by atoms with Crippen molar-refractivity contribution in [2.45, 2.75) is 57.3 Å². The molecule has 1 nitrogen and oxygen atoms in total. The summed E-state index contributed by atoms with van der Waals surface area (Å²) in [5, 5.41) is 4.32. The van der Waals surface area contributed by atoms with E-state index in [-0.39, 0.29) is 0 Å². The molecule has 0 atom stereocenters. The van der Waals surface area contributed by atoms with Crippen LogP contribution >= 0.6 is 0 Å². The average molecular weight is 272 g/mol.